The third-order valence-electron chi connectivity index (χ3n) is 2.47. The molecule has 3 nitrogen and oxygen atoms in total. The fourth-order valence-corrected chi connectivity index (χ4v) is 2.83. The summed E-state index contributed by atoms with van der Waals surface area (Å²) in [6.07, 6.45) is 1.80. The Bertz CT molecular complexity index is 345. The second-order valence-corrected chi connectivity index (χ2v) is 5.70. The number of halogens is 1. The minimum Gasteiger partial charge on any atom is -0.297 e. The van der Waals surface area contributed by atoms with Crippen LogP contribution in [-0.4, -0.2) is 38.7 Å². The van der Waals surface area contributed by atoms with Crippen LogP contribution in [0.2, 0.25) is 5.15 Å². The smallest absolute Gasteiger partial charge is 0.129 e. The summed E-state index contributed by atoms with van der Waals surface area (Å²) in [7, 11) is -0.601. The van der Waals surface area contributed by atoms with Gasteiger partial charge in [-0.1, -0.05) is 17.7 Å². The lowest BCUT2D eigenvalue weighted by Crippen LogP contribution is -2.37. The van der Waals surface area contributed by atoms with Crippen LogP contribution < -0.4 is 0 Å². The van der Waals surface area contributed by atoms with Crippen LogP contribution in [0.5, 0.6) is 0 Å². The number of nitrogens with zero attached hydrogens (tertiary/aromatic N) is 2. The van der Waals surface area contributed by atoms with Gasteiger partial charge in [-0.05, 0) is 11.6 Å². The molecule has 1 aliphatic heterocycles. The summed E-state index contributed by atoms with van der Waals surface area (Å²) in [4.78, 5) is 6.34. The van der Waals surface area contributed by atoms with E-state index in [-0.39, 0.29) is 0 Å². The Labute approximate surface area is 96.9 Å². The molecule has 0 bridgehead atoms. The second kappa shape index (κ2) is 5.05. The summed E-state index contributed by atoms with van der Waals surface area (Å²) in [5.74, 6) is 1.59. The molecule has 1 aromatic rings. The fourth-order valence-electron chi connectivity index (χ4n) is 1.59. The van der Waals surface area contributed by atoms with Crippen molar-refractivity contribution in [2.75, 3.05) is 24.6 Å². The zero-order valence-electron chi connectivity index (χ0n) is 8.36. The van der Waals surface area contributed by atoms with Crippen molar-refractivity contribution >= 4 is 22.4 Å². The Balaban J connectivity index is 1.91. The van der Waals surface area contributed by atoms with Crippen LogP contribution in [0.3, 0.4) is 0 Å². The third kappa shape index (κ3) is 3.26. The van der Waals surface area contributed by atoms with Gasteiger partial charge in [-0.25, -0.2) is 4.98 Å². The van der Waals surface area contributed by atoms with Gasteiger partial charge in [0.25, 0.3) is 0 Å². The van der Waals surface area contributed by atoms with Crippen molar-refractivity contribution in [1.82, 2.24) is 9.88 Å². The Kier molecular flexibility index (Phi) is 3.72. The summed E-state index contributed by atoms with van der Waals surface area (Å²) in [5.41, 5.74) is 1.16. The zero-order chi connectivity index (χ0) is 10.7. The first-order valence-electron chi connectivity index (χ1n) is 4.92. The summed E-state index contributed by atoms with van der Waals surface area (Å²) in [6, 6.07) is 3.79. The van der Waals surface area contributed by atoms with Crippen molar-refractivity contribution in [2.45, 2.75) is 6.54 Å². The molecule has 0 aromatic carbocycles. The summed E-state index contributed by atoms with van der Waals surface area (Å²) in [6.45, 7) is 2.70. The molecule has 1 fully saturated rings. The van der Waals surface area contributed by atoms with Gasteiger partial charge in [0.15, 0.2) is 0 Å². The average Bonchev–Trinajstić information content (AvgIpc) is 2.25. The molecule has 2 heterocycles. The number of hydrogen-bond donors (Lipinski definition) is 0. The average molecular weight is 245 g/mol. The van der Waals surface area contributed by atoms with Crippen molar-refractivity contribution in [3.8, 4) is 0 Å². The second-order valence-electron chi connectivity index (χ2n) is 3.61. The highest BCUT2D eigenvalue weighted by Gasteiger charge is 2.14. The Morgan fingerprint density at radius 2 is 2.13 bits per heavy atom. The Morgan fingerprint density at radius 1 is 1.40 bits per heavy atom. The van der Waals surface area contributed by atoms with E-state index in [1.807, 2.05) is 6.07 Å². The van der Waals surface area contributed by atoms with E-state index in [1.54, 1.807) is 12.3 Å². The molecule has 0 radical (unpaired) electrons. The van der Waals surface area contributed by atoms with E-state index >= 15 is 0 Å². The molecule has 1 aliphatic rings. The van der Waals surface area contributed by atoms with Crippen LogP contribution in [0.4, 0.5) is 0 Å². The molecule has 0 amide bonds. The maximum absolute atomic E-state index is 11.2. The molecule has 2 rings (SSSR count). The van der Waals surface area contributed by atoms with Crippen LogP contribution in [0.1, 0.15) is 5.56 Å². The third-order valence-corrected chi connectivity index (χ3v) is 3.96. The quantitative estimate of drug-likeness (QED) is 0.736. The van der Waals surface area contributed by atoms with E-state index in [4.69, 9.17) is 11.6 Å². The number of hydrogen-bond acceptors (Lipinski definition) is 3. The molecule has 0 saturated carbocycles. The normalized spacial score (nSPS) is 19.3. The van der Waals surface area contributed by atoms with Crippen LogP contribution in [0, 0.1) is 0 Å². The van der Waals surface area contributed by atoms with Crippen molar-refractivity contribution in [3.63, 3.8) is 0 Å². The van der Waals surface area contributed by atoms with Crippen LogP contribution in [0.25, 0.3) is 0 Å². The van der Waals surface area contributed by atoms with Gasteiger partial charge in [0.2, 0.25) is 0 Å². The largest absolute Gasteiger partial charge is 0.297 e. The van der Waals surface area contributed by atoms with Crippen LogP contribution in [0.15, 0.2) is 18.3 Å². The van der Waals surface area contributed by atoms with Crippen molar-refractivity contribution in [1.29, 1.82) is 0 Å². The molecule has 0 N–H and O–H groups in total. The summed E-state index contributed by atoms with van der Waals surface area (Å²) >= 11 is 5.71. The number of aromatic nitrogens is 1. The molecule has 1 aromatic heterocycles. The number of rotatable bonds is 2. The van der Waals surface area contributed by atoms with Gasteiger partial charge in [0, 0.05) is 48.1 Å². The van der Waals surface area contributed by atoms with Gasteiger partial charge in [-0.15, -0.1) is 0 Å². The molecule has 82 valence electrons. The van der Waals surface area contributed by atoms with Gasteiger partial charge in [-0.3, -0.25) is 9.11 Å². The van der Waals surface area contributed by atoms with Crippen LogP contribution in [-0.2, 0) is 17.3 Å². The van der Waals surface area contributed by atoms with E-state index in [1.165, 1.54) is 0 Å². The predicted molar refractivity (Wildman–Crippen MR) is 62.4 cm³/mol. The lowest BCUT2D eigenvalue weighted by atomic mass is 10.2. The maximum Gasteiger partial charge on any atom is 0.129 e. The molecular weight excluding hydrogens is 232 g/mol. The van der Waals surface area contributed by atoms with Gasteiger partial charge < -0.3 is 0 Å². The number of pyridine rings is 1. The lowest BCUT2D eigenvalue weighted by Gasteiger charge is -2.25. The highest BCUT2D eigenvalue weighted by Crippen LogP contribution is 2.09. The summed E-state index contributed by atoms with van der Waals surface area (Å²) in [5, 5.41) is 0.526. The Hall–Kier alpha value is -0.450. The standard InChI is InChI=1S/C10H13ClN2OS/c11-10-2-1-9(7-12-10)8-13-3-5-15(14)6-4-13/h1-2,7H,3-6,8H2. The fraction of sp³-hybridized carbons (Fsp3) is 0.500. The molecule has 0 unspecified atom stereocenters. The Morgan fingerprint density at radius 3 is 2.73 bits per heavy atom. The first-order chi connectivity index (χ1) is 7.24. The topological polar surface area (TPSA) is 33.2 Å². The van der Waals surface area contributed by atoms with Crippen molar-refractivity contribution < 1.29 is 4.21 Å². The minimum absolute atomic E-state index is 0.526. The zero-order valence-corrected chi connectivity index (χ0v) is 9.93. The van der Waals surface area contributed by atoms with Gasteiger partial charge in [0.05, 0.1) is 0 Å². The van der Waals surface area contributed by atoms with E-state index in [0.29, 0.717) is 5.15 Å². The predicted octanol–water partition coefficient (Wildman–Crippen LogP) is 1.30. The first kappa shape index (κ1) is 11.0. The molecule has 1 saturated heterocycles. The van der Waals surface area contributed by atoms with Crippen molar-refractivity contribution in [2.24, 2.45) is 0 Å². The summed E-state index contributed by atoms with van der Waals surface area (Å²) < 4.78 is 11.2. The SMILES string of the molecule is O=S1CCN(Cc2ccc(Cl)nc2)CC1. The highest BCUT2D eigenvalue weighted by atomic mass is 35.5. The molecular formula is C10H13ClN2OS. The molecule has 5 heteroatoms. The molecule has 0 spiro atoms. The lowest BCUT2D eigenvalue weighted by molar-refractivity contribution is 0.291. The first-order valence-corrected chi connectivity index (χ1v) is 6.78. The van der Waals surface area contributed by atoms with E-state index in [0.717, 1.165) is 36.7 Å². The van der Waals surface area contributed by atoms with E-state index < -0.39 is 10.8 Å². The maximum atomic E-state index is 11.2. The monoisotopic (exact) mass is 244 g/mol. The van der Waals surface area contributed by atoms with E-state index in [2.05, 4.69) is 9.88 Å². The van der Waals surface area contributed by atoms with E-state index in [9.17, 15) is 4.21 Å². The van der Waals surface area contributed by atoms with Gasteiger partial charge in [0.1, 0.15) is 5.15 Å². The van der Waals surface area contributed by atoms with Crippen molar-refractivity contribution in [3.05, 3.63) is 29.0 Å². The molecule has 0 aliphatic carbocycles. The van der Waals surface area contributed by atoms with Crippen LogP contribution >= 0.6 is 11.6 Å². The van der Waals surface area contributed by atoms with Gasteiger partial charge in [-0.2, -0.15) is 0 Å². The molecule has 0 atom stereocenters. The minimum atomic E-state index is -0.601. The molecule has 15 heavy (non-hydrogen) atoms. The van der Waals surface area contributed by atoms with Gasteiger partial charge >= 0.3 is 0 Å². The highest BCUT2D eigenvalue weighted by molar-refractivity contribution is 7.85.